The second-order valence-electron chi connectivity index (χ2n) is 4.21. The van der Waals surface area contributed by atoms with Gasteiger partial charge >= 0.3 is 0 Å². The molecule has 2 rings (SSSR count). The molecular formula is C15H12FN3O2. The molecule has 0 aliphatic heterocycles. The lowest BCUT2D eigenvalue weighted by Gasteiger charge is -2.09. The average molecular weight is 285 g/mol. The zero-order valence-electron chi connectivity index (χ0n) is 11.0. The van der Waals surface area contributed by atoms with Gasteiger partial charge in [-0.25, -0.2) is 4.39 Å². The summed E-state index contributed by atoms with van der Waals surface area (Å²) in [7, 11) is 0. The second kappa shape index (κ2) is 6.39. The van der Waals surface area contributed by atoms with Crippen molar-refractivity contribution in [1.29, 1.82) is 5.26 Å². The van der Waals surface area contributed by atoms with E-state index in [1.165, 1.54) is 18.2 Å². The number of nitrogen functional groups attached to an aromatic ring is 1. The first kappa shape index (κ1) is 14.3. The van der Waals surface area contributed by atoms with Crippen molar-refractivity contribution in [3.05, 3.63) is 53.8 Å². The number of benzene rings is 2. The highest BCUT2D eigenvalue weighted by molar-refractivity contribution is 5.94. The highest BCUT2D eigenvalue weighted by Crippen LogP contribution is 2.19. The Morgan fingerprint density at radius 2 is 2.14 bits per heavy atom. The van der Waals surface area contributed by atoms with Crippen molar-refractivity contribution < 1.29 is 13.9 Å². The van der Waals surface area contributed by atoms with Crippen LogP contribution >= 0.6 is 0 Å². The van der Waals surface area contributed by atoms with Crippen LogP contribution in [0.4, 0.5) is 15.8 Å². The lowest BCUT2D eigenvalue weighted by Crippen LogP contribution is -2.20. The summed E-state index contributed by atoms with van der Waals surface area (Å²) in [4.78, 5) is 11.7. The number of hydrogen-bond acceptors (Lipinski definition) is 4. The Bertz CT molecular complexity index is 710. The van der Waals surface area contributed by atoms with Crippen LogP contribution in [0.5, 0.6) is 5.75 Å². The Morgan fingerprint density at radius 1 is 1.33 bits per heavy atom. The highest BCUT2D eigenvalue weighted by Gasteiger charge is 2.07. The van der Waals surface area contributed by atoms with Crippen LogP contribution in [0, 0.1) is 17.1 Å². The molecule has 0 spiro atoms. The number of nitrogens with two attached hydrogens (primary N) is 1. The first-order valence-corrected chi connectivity index (χ1v) is 6.06. The Balaban J connectivity index is 1.96. The van der Waals surface area contributed by atoms with Crippen LogP contribution in [0.15, 0.2) is 42.5 Å². The van der Waals surface area contributed by atoms with Gasteiger partial charge in [-0.15, -0.1) is 0 Å². The topological polar surface area (TPSA) is 88.1 Å². The normalized spacial score (nSPS) is 9.71. The molecule has 0 saturated heterocycles. The van der Waals surface area contributed by atoms with Crippen LogP contribution in [-0.4, -0.2) is 12.5 Å². The number of nitrogens with zero attached hydrogens (tertiary/aromatic N) is 1. The van der Waals surface area contributed by atoms with Gasteiger partial charge in [0.2, 0.25) is 0 Å². The molecule has 0 heterocycles. The summed E-state index contributed by atoms with van der Waals surface area (Å²) in [5, 5.41) is 11.2. The minimum atomic E-state index is -0.498. The van der Waals surface area contributed by atoms with Gasteiger partial charge < -0.3 is 15.8 Å². The summed E-state index contributed by atoms with van der Waals surface area (Å²) < 4.78 is 18.3. The van der Waals surface area contributed by atoms with Gasteiger partial charge in [0.15, 0.2) is 6.61 Å². The van der Waals surface area contributed by atoms with Gasteiger partial charge in [0.05, 0.1) is 23.0 Å². The van der Waals surface area contributed by atoms with E-state index in [4.69, 9.17) is 15.7 Å². The summed E-state index contributed by atoms with van der Waals surface area (Å²) in [6.07, 6.45) is 0. The van der Waals surface area contributed by atoms with E-state index in [0.717, 1.165) is 6.07 Å². The Kier molecular flexibility index (Phi) is 4.36. The van der Waals surface area contributed by atoms with Crippen molar-refractivity contribution >= 4 is 17.3 Å². The van der Waals surface area contributed by atoms with Gasteiger partial charge in [-0.1, -0.05) is 6.07 Å². The number of halogens is 1. The Morgan fingerprint density at radius 3 is 2.90 bits per heavy atom. The number of ether oxygens (including phenoxy) is 1. The van der Waals surface area contributed by atoms with Gasteiger partial charge in [-0.3, -0.25) is 4.79 Å². The predicted molar refractivity (Wildman–Crippen MR) is 76.1 cm³/mol. The molecule has 1 amide bonds. The number of nitrogens with one attached hydrogen (secondary N) is 1. The number of carbonyl (C=O) groups is 1. The quantitative estimate of drug-likeness (QED) is 0.844. The third kappa shape index (κ3) is 3.94. The number of carbonyl (C=O) groups excluding carboxylic acids is 1. The molecule has 3 N–H and O–H groups in total. The van der Waals surface area contributed by atoms with Crippen molar-refractivity contribution in [3.63, 3.8) is 0 Å². The van der Waals surface area contributed by atoms with E-state index >= 15 is 0 Å². The maximum atomic E-state index is 13.1. The molecule has 6 heteroatoms. The number of nitriles is 1. The zero-order valence-corrected chi connectivity index (χ0v) is 11.0. The lowest BCUT2D eigenvalue weighted by molar-refractivity contribution is -0.118. The second-order valence-corrected chi connectivity index (χ2v) is 4.21. The molecule has 0 radical (unpaired) electrons. The van der Waals surface area contributed by atoms with E-state index in [1.807, 2.05) is 6.07 Å². The van der Waals surface area contributed by atoms with E-state index in [9.17, 15) is 9.18 Å². The van der Waals surface area contributed by atoms with E-state index in [1.54, 1.807) is 18.2 Å². The van der Waals surface area contributed by atoms with Crippen LogP contribution in [0.3, 0.4) is 0 Å². The van der Waals surface area contributed by atoms with Crippen LogP contribution in [-0.2, 0) is 4.79 Å². The maximum Gasteiger partial charge on any atom is 0.262 e. The lowest BCUT2D eigenvalue weighted by atomic mass is 10.2. The first-order chi connectivity index (χ1) is 10.1. The fourth-order valence-corrected chi connectivity index (χ4v) is 1.63. The Hall–Kier alpha value is -3.07. The molecular weight excluding hydrogens is 273 g/mol. The van der Waals surface area contributed by atoms with Crippen molar-refractivity contribution in [2.24, 2.45) is 0 Å². The van der Waals surface area contributed by atoms with Crippen molar-refractivity contribution in [3.8, 4) is 11.8 Å². The third-order valence-electron chi connectivity index (χ3n) is 2.62. The van der Waals surface area contributed by atoms with Crippen LogP contribution in [0.25, 0.3) is 0 Å². The van der Waals surface area contributed by atoms with Gasteiger partial charge in [0.1, 0.15) is 11.6 Å². The molecule has 21 heavy (non-hydrogen) atoms. The molecule has 0 unspecified atom stereocenters. The van der Waals surface area contributed by atoms with E-state index in [2.05, 4.69) is 5.32 Å². The van der Waals surface area contributed by atoms with Crippen molar-refractivity contribution in [1.82, 2.24) is 0 Å². The molecule has 2 aromatic rings. The molecule has 0 atom stereocenters. The van der Waals surface area contributed by atoms with Crippen LogP contribution < -0.4 is 15.8 Å². The fraction of sp³-hybridized carbons (Fsp3) is 0.0667. The summed E-state index contributed by atoms with van der Waals surface area (Å²) in [5.74, 6) is -0.576. The minimum absolute atomic E-state index is 0.189. The summed E-state index contributed by atoms with van der Waals surface area (Å²) >= 11 is 0. The molecule has 106 valence electrons. The van der Waals surface area contributed by atoms with Gasteiger partial charge in [0, 0.05) is 0 Å². The molecule has 2 aromatic carbocycles. The van der Waals surface area contributed by atoms with E-state index in [0.29, 0.717) is 11.3 Å². The zero-order chi connectivity index (χ0) is 15.2. The fourth-order valence-electron chi connectivity index (χ4n) is 1.63. The SMILES string of the molecule is N#Cc1cccc(OCC(=O)Nc2cc(F)ccc2N)c1. The molecule has 0 bridgehead atoms. The van der Waals surface area contributed by atoms with Crippen molar-refractivity contribution in [2.75, 3.05) is 17.7 Å². The molecule has 0 saturated carbocycles. The van der Waals surface area contributed by atoms with Gasteiger partial charge in [-0.2, -0.15) is 5.26 Å². The van der Waals surface area contributed by atoms with Crippen LogP contribution in [0.2, 0.25) is 0 Å². The number of anilines is 2. The largest absolute Gasteiger partial charge is 0.484 e. The summed E-state index contributed by atoms with van der Waals surface area (Å²) in [6, 6.07) is 12.1. The average Bonchev–Trinajstić information content (AvgIpc) is 2.49. The maximum absolute atomic E-state index is 13.1. The van der Waals surface area contributed by atoms with Gasteiger partial charge in [0.25, 0.3) is 5.91 Å². The standard InChI is InChI=1S/C15H12FN3O2/c16-11-4-5-13(18)14(7-11)19-15(20)9-21-12-3-1-2-10(6-12)8-17/h1-7H,9,18H2,(H,19,20). The van der Waals surface area contributed by atoms with E-state index in [-0.39, 0.29) is 18.0 Å². The molecule has 0 fully saturated rings. The molecule has 0 aliphatic rings. The number of hydrogen-bond donors (Lipinski definition) is 2. The molecule has 0 aliphatic carbocycles. The predicted octanol–water partition coefficient (Wildman–Crippen LogP) is 2.30. The monoisotopic (exact) mass is 285 g/mol. The van der Waals surface area contributed by atoms with Crippen molar-refractivity contribution in [2.45, 2.75) is 0 Å². The first-order valence-electron chi connectivity index (χ1n) is 6.06. The van der Waals surface area contributed by atoms with Crippen LogP contribution in [0.1, 0.15) is 5.56 Å². The highest BCUT2D eigenvalue weighted by atomic mass is 19.1. The van der Waals surface area contributed by atoms with E-state index < -0.39 is 11.7 Å². The number of amides is 1. The smallest absolute Gasteiger partial charge is 0.262 e. The summed E-state index contributed by atoms with van der Waals surface area (Å²) in [6.45, 7) is -0.273. The summed E-state index contributed by atoms with van der Waals surface area (Å²) in [5.41, 5.74) is 6.51. The molecule has 0 aromatic heterocycles. The number of rotatable bonds is 4. The Labute approximate surface area is 120 Å². The minimum Gasteiger partial charge on any atom is -0.484 e. The molecule has 5 nitrogen and oxygen atoms in total. The third-order valence-corrected chi connectivity index (χ3v) is 2.62. The van der Waals surface area contributed by atoms with Gasteiger partial charge in [-0.05, 0) is 36.4 Å².